The minimum Gasteiger partial charge on any atom is -0.481 e. The van der Waals surface area contributed by atoms with Crippen molar-refractivity contribution >= 4 is 17.7 Å². The Hall–Kier alpha value is -0.220. The molecule has 0 aromatic rings. The summed E-state index contributed by atoms with van der Waals surface area (Å²) in [7, 11) is 0. The van der Waals surface area contributed by atoms with Crippen molar-refractivity contribution in [2.24, 2.45) is 0 Å². The molecular formula is C7H12O3S. The molecule has 1 aliphatic rings. The average molecular weight is 176 g/mol. The standard InChI is InChI=1S/C7H12O3S/c1-2-10-7(3-6(8)9)4-11-5-7/h2-5H2,1H3,(H,8,9). The van der Waals surface area contributed by atoms with Crippen molar-refractivity contribution < 1.29 is 14.6 Å². The topological polar surface area (TPSA) is 46.5 Å². The van der Waals surface area contributed by atoms with Crippen LogP contribution in [0, 0.1) is 0 Å². The van der Waals surface area contributed by atoms with Crippen LogP contribution in [-0.4, -0.2) is 34.8 Å². The molecule has 1 aliphatic heterocycles. The summed E-state index contributed by atoms with van der Waals surface area (Å²) >= 11 is 1.74. The van der Waals surface area contributed by atoms with E-state index in [1.807, 2.05) is 6.92 Å². The predicted octanol–water partition coefficient (Wildman–Crippen LogP) is 0.983. The van der Waals surface area contributed by atoms with Gasteiger partial charge in [0.1, 0.15) is 0 Å². The van der Waals surface area contributed by atoms with Crippen LogP contribution in [0.5, 0.6) is 0 Å². The molecule has 0 bridgehead atoms. The Morgan fingerprint density at radius 3 is 2.64 bits per heavy atom. The summed E-state index contributed by atoms with van der Waals surface area (Å²) in [4.78, 5) is 10.4. The number of carboxylic acids is 1. The molecular weight excluding hydrogens is 164 g/mol. The Morgan fingerprint density at radius 1 is 1.73 bits per heavy atom. The van der Waals surface area contributed by atoms with E-state index in [0.29, 0.717) is 6.61 Å². The Morgan fingerprint density at radius 2 is 2.36 bits per heavy atom. The van der Waals surface area contributed by atoms with E-state index in [1.165, 1.54) is 0 Å². The molecule has 0 saturated carbocycles. The Kier molecular flexibility index (Phi) is 2.78. The fourth-order valence-corrected chi connectivity index (χ4v) is 2.18. The normalized spacial score (nSPS) is 20.8. The summed E-state index contributed by atoms with van der Waals surface area (Å²) in [6.45, 7) is 2.50. The summed E-state index contributed by atoms with van der Waals surface area (Å²) in [5, 5.41) is 8.55. The second-order valence-corrected chi connectivity index (χ2v) is 3.66. The van der Waals surface area contributed by atoms with Gasteiger partial charge in [-0.3, -0.25) is 4.79 Å². The molecule has 0 atom stereocenters. The highest BCUT2D eigenvalue weighted by molar-refractivity contribution is 8.00. The molecule has 0 aromatic carbocycles. The predicted molar refractivity (Wildman–Crippen MR) is 43.9 cm³/mol. The van der Waals surface area contributed by atoms with E-state index in [1.54, 1.807) is 11.8 Å². The molecule has 1 heterocycles. The van der Waals surface area contributed by atoms with Gasteiger partial charge < -0.3 is 9.84 Å². The lowest BCUT2D eigenvalue weighted by Gasteiger charge is -2.39. The zero-order valence-electron chi connectivity index (χ0n) is 6.50. The lowest BCUT2D eigenvalue weighted by Crippen LogP contribution is -2.47. The van der Waals surface area contributed by atoms with E-state index in [9.17, 15) is 4.79 Å². The van der Waals surface area contributed by atoms with Crippen LogP contribution in [0.2, 0.25) is 0 Å². The maximum atomic E-state index is 10.4. The molecule has 64 valence electrons. The van der Waals surface area contributed by atoms with Crippen molar-refractivity contribution in [2.45, 2.75) is 18.9 Å². The monoisotopic (exact) mass is 176 g/mol. The number of carbonyl (C=O) groups is 1. The lowest BCUT2D eigenvalue weighted by molar-refractivity contribution is -0.143. The van der Waals surface area contributed by atoms with E-state index in [4.69, 9.17) is 9.84 Å². The fourth-order valence-electron chi connectivity index (χ4n) is 1.15. The average Bonchev–Trinajstić information content (AvgIpc) is 1.82. The molecule has 1 rings (SSSR count). The van der Waals surface area contributed by atoms with Gasteiger partial charge in [0.05, 0.1) is 12.0 Å². The third kappa shape index (κ3) is 2.10. The van der Waals surface area contributed by atoms with Gasteiger partial charge in [0.25, 0.3) is 0 Å². The highest BCUT2D eigenvalue weighted by Crippen LogP contribution is 2.35. The van der Waals surface area contributed by atoms with Crippen molar-refractivity contribution in [1.82, 2.24) is 0 Å². The molecule has 1 N–H and O–H groups in total. The minimum absolute atomic E-state index is 0.147. The van der Waals surface area contributed by atoms with Gasteiger partial charge in [-0.25, -0.2) is 0 Å². The maximum Gasteiger partial charge on any atom is 0.306 e. The number of ether oxygens (including phenoxy) is 1. The summed E-state index contributed by atoms with van der Waals surface area (Å²) in [6.07, 6.45) is 0.147. The first-order valence-corrected chi connectivity index (χ1v) is 4.77. The highest BCUT2D eigenvalue weighted by atomic mass is 32.2. The van der Waals surface area contributed by atoms with E-state index >= 15 is 0 Å². The summed E-state index contributed by atoms with van der Waals surface area (Å²) in [6, 6.07) is 0. The van der Waals surface area contributed by atoms with Gasteiger partial charge in [0.2, 0.25) is 0 Å². The maximum absolute atomic E-state index is 10.4. The second-order valence-electron chi connectivity index (χ2n) is 2.68. The SMILES string of the molecule is CCOC1(CC(=O)O)CSC1. The van der Waals surface area contributed by atoms with Crippen molar-refractivity contribution in [3.8, 4) is 0 Å². The van der Waals surface area contributed by atoms with Gasteiger partial charge in [-0.15, -0.1) is 0 Å². The second kappa shape index (κ2) is 3.45. The molecule has 1 fully saturated rings. The Labute approximate surface area is 70.1 Å². The van der Waals surface area contributed by atoms with Crippen LogP contribution in [0.3, 0.4) is 0 Å². The lowest BCUT2D eigenvalue weighted by atomic mass is 10.0. The fraction of sp³-hybridized carbons (Fsp3) is 0.857. The van der Waals surface area contributed by atoms with Gasteiger partial charge in [-0.1, -0.05) is 0 Å². The largest absolute Gasteiger partial charge is 0.481 e. The number of aliphatic carboxylic acids is 1. The van der Waals surface area contributed by atoms with E-state index < -0.39 is 5.97 Å². The van der Waals surface area contributed by atoms with Crippen LogP contribution < -0.4 is 0 Å². The van der Waals surface area contributed by atoms with Crippen molar-refractivity contribution in [3.05, 3.63) is 0 Å². The van der Waals surface area contributed by atoms with Crippen molar-refractivity contribution in [3.63, 3.8) is 0 Å². The van der Waals surface area contributed by atoms with Gasteiger partial charge in [-0.05, 0) is 6.92 Å². The first-order chi connectivity index (χ1) is 5.18. The first kappa shape index (κ1) is 8.87. The Bertz CT molecular complexity index is 154. The van der Waals surface area contributed by atoms with Gasteiger partial charge in [-0.2, -0.15) is 11.8 Å². The molecule has 0 radical (unpaired) electrons. The third-order valence-corrected chi connectivity index (χ3v) is 3.11. The van der Waals surface area contributed by atoms with Gasteiger partial charge in [0, 0.05) is 18.1 Å². The molecule has 11 heavy (non-hydrogen) atoms. The van der Waals surface area contributed by atoms with E-state index in [0.717, 1.165) is 11.5 Å². The van der Waals surface area contributed by atoms with E-state index in [-0.39, 0.29) is 12.0 Å². The van der Waals surface area contributed by atoms with Crippen LogP contribution in [0.25, 0.3) is 0 Å². The van der Waals surface area contributed by atoms with Crippen molar-refractivity contribution in [2.75, 3.05) is 18.1 Å². The Balaban J connectivity index is 2.39. The smallest absolute Gasteiger partial charge is 0.306 e. The van der Waals surface area contributed by atoms with Crippen LogP contribution in [0.4, 0.5) is 0 Å². The number of hydrogen-bond donors (Lipinski definition) is 1. The molecule has 0 unspecified atom stereocenters. The van der Waals surface area contributed by atoms with Gasteiger partial charge in [0.15, 0.2) is 0 Å². The number of thioether (sulfide) groups is 1. The van der Waals surface area contributed by atoms with Crippen LogP contribution in [-0.2, 0) is 9.53 Å². The summed E-state index contributed by atoms with van der Waals surface area (Å²) < 4.78 is 5.37. The quantitative estimate of drug-likeness (QED) is 0.693. The highest BCUT2D eigenvalue weighted by Gasteiger charge is 2.40. The molecule has 0 spiro atoms. The molecule has 1 saturated heterocycles. The zero-order valence-corrected chi connectivity index (χ0v) is 7.32. The number of carboxylic acid groups (broad SMARTS) is 1. The first-order valence-electron chi connectivity index (χ1n) is 3.62. The van der Waals surface area contributed by atoms with Gasteiger partial charge >= 0.3 is 5.97 Å². The van der Waals surface area contributed by atoms with E-state index in [2.05, 4.69) is 0 Å². The minimum atomic E-state index is -0.765. The van der Waals surface area contributed by atoms with Crippen LogP contribution in [0.15, 0.2) is 0 Å². The number of hydrogen-bond acceptors (Lipinski definition) is 3. The molecule has 4 heteroatoms. The molecule has 3 nitrogen and oxygen atoms in total. The molecule has 0 amide bonds. The van der Waals surface area contributed by atoms with Crippen LogP contribution >= 0.6 is 11.8 Å². The van der Waals surface area contributed by atoms with Crippen molar-refractivity contribution in [1.29, 1.82) is 0 Å². The number of rotatable bonds is 4. The summed E-state index contributed by atoms with van der Waals surface area (Å²) in [5.41, 5.74) is -0.342. The van der Waals surface area contributed by atoms with Crippen LogP contribution in [0.1, 0.15) is 13.3 Å². The summed E-state index contributed by atoms with van der Waals surface area (Å²) in [5.74, 6) is 0.888. The third-order valence-electron chi connectivity index (χ3n) is 1.65. The molecule has 0 aliphatic carbocycles. The zero-order chi connectivity index (χ0) is 8.32. The molecule has 0 aromatic heterocycles.